The van der Waals surface area contributed by atoms with Crippen LogP contribution in [0.1, 0.15) is 11.1 Å². The number of rotatable bonds is 9. The standard InChI is InChI=1S/C48H35NO/c1-3-13-36(14-4-1)38(32-33-49-43-30-28-39(29-31-43)37-15-5-2-6-16-37)17-9-12-35-24-26-40(27-25-35)41-18-10-19-42(34-41)44-21-11-22-46-45-20-7-8-23-47(45)50-48(44)46/h1-34,49H/b12-9-,33-32+,38-17+. The average Bonchev–Trinajstić information content (AvgIpc) is 3.58. The van der Waals surface area contributed by atoms with Gasteiger partial charge in [0.15, 0.2) is 0 Å². The molecule has 0 fully saturated rings. The second kappa shape index (κ2) is 14.2. The van der Waals surface area contributed by atoms with E-state index >= 15 is 0 Å². The number of hydrogen-bond donors (Lipinski definition) is 1. The van der Waals surface area contributed by atoms with Crippen molar-refractivity contribution >= 4 is 39.3 Å². The van der Waals surface area contributed by atoms with Crippen molar-refractivity contribution in [1.82, 2.24) is 0 Å². The first-order chi connectivity index (χ1) is 24.8. The van der Waals surface area contributed by atoms with Gasteiger partial charge in [-0.05, 0) is 74.9 Å². The summed E-state index contributed by atoms with van der Waals surface area (Å²) >= 11 is 0. The normalized spacial score (nSPS) is 12.0. The third kappa shape index (κ3) is 6.69. The summed E-state index contributed by atoms with van der Waals surface area (Å²) in [5.74, 6) is 0. The van der Waals surface area contributed by atoms with Gasteiger partial charge in [-0.25, -0.2) is 0 Å². The average molecular weight is 642 g/mol. The van der Waals surface area contributed by atoms with Crippen LogP contribution in [0.25, 0.3) is 67.0 Å². The molecule has 2 heteroatoms. The van der Waals surface area contributed by atoms with Crippen molar-refractivity contribution in [1.29, 1.82) is 0 Å². The molecule has 1 aromatic heterocycles. The zero-order chi connectivity index (χ0) is 33.5. The molecule has 0 aliphatic carbocycles. The number of anilines is 1. The highest BCUT2D eigenvalue weighted by Gasteiger charge is 2.12. The van der Waals surface area contributed by atoms with Crippen molar-refractivity contribution in [2.24, 2.45) is 0 Å². The Labute approximate surface area is 293 Å². The number of hydrogen-bond acceptors (Lipinski definition) is 2. The Morgan fingerprint density at radius 3 is 1.94 bits per heavy atom. The van der Waals surface area contributed by atoms with Gasteiger partial charge in [0.25, 0.3) is 0 Å². The third-order valence-electron chi connectivity index (χ3n) is 9.00. The molecule has 0 aliphatic rings. The third-order valence-corrected chi connectivity index (χ3v) is 9.00. The highest BCUT2D eigenvalue weighted by atomic mass is 16.3. The number of benzene rings is 7. The topological polar surface area (TPSA) is 25.2 Å². The monoisotopic (exact) mass is 641 g/mol. The minimum Gasteiger partial charge on any atom is -0.455 e. The molecule has 0 atom stereocenters. The highest BCUT2D eigenvalue weighted by molar-refractivity contribution is 6.09. The molecule has 0 saturated carbocycles. The first-order valence-electron chi connectivity index (χ1n) is 16.9. The van der Waals surface area contributed by atoms with Crippen LogP contribution in [0.4, 0.5) is 5.69 Å². The molecule has 8 aromatic rings. The van der Waals surface area contributed by atoms with Crippen LogP contribution in [0.5, 0.6) is 0 Å². The minimum atomic E-state index is 0.915. The zero-order valence-corrected chi connectivity index (χ0v) is 27.5. The Balaban J connectivity index is 0.986. The largest absolute Gasteiger partial charge is 0.455 e. The van der Waals surface area contributed by atoms with E-state index < -0.39 is 0 Å². The van der Waals surface area contributed by atoms with E-state index in [2.05, 4.69) is 181 Å². The molecule has 0 spiro atoms. The maximum absolute atomic E-state index is 6.32. The maximum atomic E-state index is 6.32. The molecule has 2 nitrogen and oxygen atoms in total. The Morgan fingerprint density at radius 2 is 1.12 bits per heavy atom. The van der Waals surface area contributed by atoms with Crippen LogP contribution in [-0.2, 0) is 0 Å². The van der Waals surface area contributed by atoms with Gasteiger partial charge in [0, 0.05) is 28.2 Å². The second-order valence-corrected chi connectivity index (χ2v) is 12.3. The van der Waals surface area contributed by atoms with E-state index in [9.17, 15) is 0 Å². The smallest absolute Gasteiger partial charge is 0.143 e. The molecule has 1 N–H and O–H groups in total. The van der Waals surface area contributed by atoms with Crippen LogP contribution in [0, 0.1) is 0 Å². The van der Waals surface area contributed by atoms with Gasteiger partial charge in [-0.1, -0.05) is 170 Å². The van der Waals surface area contributed by atoms with Crippen molar-refractivity contribution < 1.29 is 4.42 Å². The number of fused-ring (bicyclic) bond motifs is 3. The quantitative estimate of drug-likeness (QED) is 0.159. The summed E-state index contributed by atoms with van der Waals surface area (Å²) in [5, 5.41) is 5.72. The summed E-state index contributed by atoms with van der Waals surface area (Å²) in [6.07, 6.45) is 10.5. The summed E-state index contributed by atoms with van der Waals surface area (Å²) in [5.41, 5.74) is 13.3. The van der Waals surface area contributed by atoms with Gasteiger partial charge in [-0.15, -0.1) is 0 Å². The van der Waals surface area contributed by atoms with Crippen LogP contribution in [-0.4, -0.2) is 0 Å². The van der Waals surface area contributed by atoms with Gasteiger partial charge in [0.2, 0.25) is 0 Å². The number of allylic oxidation sites excluding steroid dienone is 4. The Morgan fingerprint density at radius 1 is 0.500 bits per heavy atom. The molecular weight excluding hydrogens is 607 g/mol. The lowest BCUT2D eigenvalue weighted by molar-refractivity contribution is 0.670. The lowest BCUT2D eigenvalue weighted by Gasteiger charge is -2.07. The fourth-order valence-electron chi connectivity index (χ4n) is 6.39. The molecule has 0 radical (unpaired) electrons. The van der Waals surface area contributed by atoms with E-state index in [0.717, 1.165) is 55.5 Å². The molecule has 0 aliphatic heterocycles. The molecule has 0 amide bonds. The summed E-state index contributed by atoms with van der Waals surface area (Å²) < 4.78 is 6.32. The number of nitrogens with one attached hydrogen (secondary N) is 1. The summed E-state index contributed by atoms with van der Waals surface area (Å²) in [7, 11) is 0. The van der Waals surface area contributed by atoms with Crippen molar-refractivity contribution in [3.63, 3.8) is 0 Å². The fourth-order valence-corrected chi connectivity index (χ4v) is 6.39. The van der Waals surface area contributed by atoms with Crippen molar-refractivity contribution in [3.05, 3.63) is 211 Å². The fraction of sp³-hybridized carbons (Fsp3) is 0. The molecular formula is C48H35NO. The maximum Gasteiger partial charge on any atom is 0.143 e. The first-order valence-corrected chi connectivity index (χ1v) is 16.9. The molecule has 50 heavy (non-hydrogen) atoms. The minimum absolute atomic E-state index is 0.915. The van der Waals surface area contributed by atoms with E-state index in [1.807, 2.05) is 30.5 Å². The Kier molecular flexibility index (Phi) is 8.73. The number of furan rings is 1. The van der Waals surface area contributed by atoms with Crippen LogP contribution in [0.3, 0.4) is 0 Å². The molecule has 0 bridgehead atoms. The Bertz CT molecular complexity index is 2470. The highest BCUT2D eigenvalue weighted by Crippen LogP contribution is 2.37. The van der Waals surface area contributed by atoms with E-state index in [4.69, 9.17) is 4.42 Å². The van der Waals surface area contributed by atoms with Gasteiger partial charge in [-0.3, -0.25) is 0 Å². The molecule has 1 heterocycles. The Hall–Kier alpha value is -6.64. The number of para-hydroxylation sites is 2. The van der Waals surface area contributed by atoms with E-state index in [1.54, 1.807) is 0 Å². The lowest BCUT2D eigenvalue weighted by atomic mass is 9.97. The van der Waals surface area contributed by atoms with E-state index in [1.165, 1.54) is 22.3 Å². The molecule has 0 unspecified atom stereocenters. The molecule has 238 valence electrons. The van der Waals surface area contributed by atoms with Crippen molar-refractivity contribution in [2.75, 3.05) is 5.32 Å². The van der Waals surface area contributed by atoms with E-state index in [-0.39, 0.29) is 0 Å². The molecule has 8 rings (SSSR count). The molecule has 7 aromatic carbocycles. The van der Waals surface area contributed by atoms with Gasteiger partial charge >= 0.3 is 0 Å². The predicted octanol–water partition coefficient (Wildman–Crippen LogP) is 13.3. The second-order valence-electron chi connectivity index (χ2n) is 12.3. The zero-order valence-electron chi connectivity index (χ0n) is 27.5. The molecule has 0 saturated heterocycles. The van der Waals surface area contributed by atoms with Crippen molar-refractivity contribution in [2.45, 2.75) is 0 Å². The predicted molar refractivity (Wildman–Crippen MR) is 213 cm³/mol. The van der Waals surface area contributed by atoms with E-state index in [0.29, 0.717) is 0 Å². The van der Waals surface area contributed by atoms with Crippen LogP contribution in [0.15, 0.2) is 205 Å². The van der Waals surface area contributed by atoms with Gasteiger partial charge in [-0.2, -0.15) is 0 Å². The SMILES string of the molecule is C(=C/c1ccc(-c2cccc(-c3cccc4c3oc3ccccc34)c2)cc1)/C=C(\C=C\Nc1ccc(-c2ccccc2)cc1)c1ccccc1. The van der Waals surface area contributed by atoms with Gasteiger partial charge in [0.05, 0.1) is 0 Å². The van der Waals surface area contributed by atoms with Gasteiger partial charge < -0.3 is 9.73 Å². The van der Waals surface area contributed by atoms with Crippen molar-refractivity contribution in [3.8, 4) is 33.4 Å². The lowest BCUT2D eigenvalue weighted by Crippen LogP contribution is -1.88. The first kappa shape index (κ1) is 30.7. The summed E-state index contributed by atoms with van der Waals surface area (Å²) in [6, 6.07) is 61.5. The summed E-state index contributed by atoms with van der Waals surface area (Å²) in [6.45, 7) is 0. The van der Waals surface area contributed by atoms with Gasteiger partial charge in [0.1, 0.15) is 11.2 Å². The summed E-state index contributed by atoms with van der Waals surface area (Å²) in [4.78, 5) is 0. The van der Waals surface area contributed by atoms with Crippen LogP contribution >= 0.6 is 0 Å². The van der Waals surface area contributed by atoms with Crippen LogP contribution < -0.4 is 5.32 Å². The van der Waals surface area contributed by atoms with Crippen LogP contribution in [0.2, 0.25) is 0 Å².